The number of aromatic nitrogens is 3. The van der Waals surface area contributed by atoms with Crippen LogP contribution in [0.3, 0.4) is 0 Å². The molecule has 3 N–H and O–H groups in total. The predicted octanol–water partition coefficient (Wildman–Crippen LogP) is 3.33. The zero-order valence-electron chi connectivity index (χ0n) is 18.3. The molecule has 0 bridgehead atoms. The highest BCUT2D eigenvalue weighted by Gasteiger charge is 2.29. The van der Waals surface area contributed by atoms with Crippen LogP contribution in [-0.2, 0) is 22.9 Å². The average molecular weight is 469 g/mol. The first-order chi connectivity index (χ1) is 15.9. The fraction of sp³-hybridized carbons (Fsp3) is 0.318. The number of amides is 2. The Morgan fingerprint density at radius 2 is 2.24 bits per heavy atom. The number of benzene rings is 1. The lowest BCUT2D eigenvalue weighted by Crippen LogP contribution is -2.23. The van der Waals surface area contributed by atoms with Crippen molar-refractivity contribution < 1.29 is 18.5 Å². The maximum Gasteiger partial charge on any atom is 0.354 e. The molecule has 5 rings (SSSR count). The van der Waals surface area contributed by atoms with Gasteiger partial charge in [0.05, 0.1) is 25.6 Å². The van der Waals surface area contributed by atoms with E-state index in [1.54, 1.807) is 24.1 Å². The summed E-state index contributed by atoms with van der Waals surface area (Å²) in [5, 5.41) is 13.0. The second-order valence-corrected chi connectivity index (χ2v) is 9.84. The Labute approximate surface area is 191 Å². The molecule has 2 aromatic heterocycles. The van der Waals surface area contributed by atoms with Crippen molar-refractivity contribution in [1.82, 2.24) is 14.8 Å². The van der Waals surface area contributed by atoms with E-state index in [9.17, 15) is 9.00 Å². The number of nitrogens with two attached hydrogens (primary N) is 1. The van der Waals surface area contributed by atoms with Crippen molar-refractivity contribution in [2.45, 2.75) is 37.1 Å². The number of carbonyl (C=O) groups excluding carboxylic acids is 1. The quantitative estimate of drug-likeness (QED) is 0.603. The molecule has 0 saturated heterocycles. The lowest BCUT2D eigenvalue weighted by molar-refractivity contribution is 0.224. The van der Waals surface area contributed by atoms with E-state index in [4.69, 9.17) is 14.6 Å². The number of urea groups is 1. The standard InChI is InChI=1S/C22H24N6O4S/c1-13-10-15-4-5-16(14-6-7-24-18(11-14)31-2)20(19(13)15)26-22(29)27-33(23,30)17-12-25-28-8-3-9-32-21(17)28/h4-7,11-13H,3,8-10H2,1-2H3,(H3,23,26,27,29,30)/t13-,33-/m1/s1. The largest absolute Gasteiger partial charge is 0.481 e. The van der Waals surface area contributed by atoms with Gasteiger partial charge in [0.25, 0.3) is 0 Å². The number of anilines is 1. The zero-order valence-corrected chi connectivity index (χ0v) is 19.1. The van der Waals surface area contributed by atoms with E-state index < -0.39 is 15.9 Å². The van der Waals surface area contributed by atoms with Gasteiger partial charge in [0, 0.05) is 30.8 Å². The first-order valence-electron chi connectivity index (χ1n) is 10.6. The van der Waals surface area contributed by atoms with Gasteiger partial charge in [0.15, 0.2) is 9.92 Å². The van der Waals surface area contributed by atoms with Crippen LogP contribution in [0.25, 0.3) is 11.1 Å². The van der Waals surface area contributed by atoms with Crippen molar-refractivity contribution in [3.8, 4) is 22.9 Å². The summed E-state index contributed by atoms with van der Waals surface area (Å²) in [6.07, 6.45) is 4.70. The van der Waals surface area contributed by atoms with Gasteiger partial charge in [-0.15, -0.1) is 4.36 Å². The second kappa shape index (κ2) is 8.16. The molecule has 2 atom stereocenters. The van der Waals surface area contributed by atoms with Crippen LogP contribution < -0.4 is 19.9 Å². The summed E-state index contributed by atoms with van der Waals surface area (Å²) >= 11 is 0. The molecule has 3 heterocycles. The zero-order chi connectivity index (χ0) is 23.2. The molecule has 33 heavy (non-hydrogen) atoms. The molecule has 3 aromatic rings. The Balaban J connectivity index is 1.53. The molecule has 2 amide bonds. The van der Waals surface area contributed by atoms with Gasteiger partial charge < -0.3 is 14.8 Å². The van der Waals surface area contributed by atoms with Crippen molar-refractivity contribution in [1.29, 1.82) is 0 Å². The molecular formula is C22H24N6O4S. The lowest BCUT2D eigenvalue weighted by Gasteiger charge is -2.31. The number of rotatable bonds is 4. The van der Waals surface area contributed by atoms with E-state index in [0.29, 0.717) is 30.6 Å². The summed E-state index contributed by atoms with van der Waals surface area (Å²) in [5.74, 6) is 1.02. The molecule has 0 spiro atoms. The maximum atomic E-state index is 13.2. The molecule has 1 aliphatic carbocycles. The van der Waals surface area contributed by atoms with Crippen LogP contribution in [0.2, 0.25) is 0 Å². The van der Waals surface area contributed by atoms with Crippen LogP contribution in [0.1, 0.15) is 30.4 Å². The fourth-order valence-corrected chi connectivity index (χ4v) is 5.32. The fourth-order valence-electron chi connectivity index (χ4n) is 4.32. The molecule has 172 valence electrons. The summed E-state index contributed by atoms with van der Waals surface area (Å²) in [4.78, 5) is 17.2. The van der Waals surface area contributed by atoms with E-state index in [1.807, 2.05) is 18.2 Å². The highest BCUT2D eigenvalue weighted by Crippen LogP contribution is 2.45. The molecular weight excluding hydrogens is 444 g/mol. The summed E-state index contributed by atoms with van der Waals surface area (Å²) in [6, 6.07) is 6.82. The number of methoxy groups -OCH3 is 1. The van der Waals surface area contributed by atoms with Gasteiger partial charge in [-0.25, -0.2) is 23.8 Å². The number of ether oxygens (including phenoxy) is 2. The smallest absolute Gasteiger partial charge is 0.354 e. The number of fused-ring (bicyclic) bond motifs is 2. The third-order valence-electron chi connectivity index (χ3n) is 5.89. The Kier molecular flexibility index (Phi) is 5.29. The monoisotopic (exact) mass is 468 g/mol. The van der Waals surface area contributed by atoms with Crippen LogP contribution in [0.4, 0.5) is 10.5 Å². The van der Waals surface area contributed by atoms with Crippen LogP contribution in [-0.4, -0.2) is 38.7 Å². The number of carbonyl (C=O) groups is 1. The van der Waals surface area contributed by atoms with E-state index >= 15 is 0 Å². The van der Waals surface area contributed by atoms with Crippen molar-refractivity contribution in [3.63, 3.8) is 0 Å². The summed E-state index contributed by atoms with van der Waals surface area (Å²) in [5.41, 5.74) is 4.42. The van der Waals surface area contributed by atoms with Gasteiger partial charge in [-0.05, 0) is 35.1 Å². The number of nitrogens with zero attached hydrogens (tertiary/aromatic N) is 4. The Hall–Kier alpha value is -3.44. The first-order valence-corrected chi connectivity index (χ1v) is 12.2. The van der Waals surface area contributed by atoms with Gasteiger partial charge >= 0.3 is 6.03 Å². The SMILES string of the molecule is COc1cc(-c2ccc3c(c2NC(=O)N=[S@@](N)(=O)c2cnn4c2OCCC4)[C@H](C)C3)ccn1. The lowest BCUT2D eigenvalue weighted by atomic mass is 9.76. The maximum absolute atomic E-state index is 13.2. The highest BCUT2D eigenvalue weighted by molar-refractivity contribution is 7.91. The molecule has 1 aromatic carbocycles. The average Bonchev–Trinajstić information content (AvgIpc) is 3.23. The summed E-state index contributed by atoms with van der Waals surface area (Å²) in [6.45, 7) is 3.19. The van der Waals surface area contributed by atoms with E-state index in [1.165, 1.54) is 6.20 Å². The molecule has 0 unspecified atom stereocenters. The molecule has 10 nitrogen and oxygen atoms in total. The minimum atomic E-state index is -3.56. The van der Waals surface area contributed by atoms with Gasteiger partial charge in [-0.3, -0.25) is 0 Å². The van der Waals surface area contributed by atoms with E-state index in [0.717, 1.165) is 35.1 Å². The second-order valence-electron chi connectivity index (χ2n) is 8.08. The molecule has 0 fully saturated rings. The van der Waals surface area contributed by atoms with Crippen molar-refractivity contribution in [2.75, 3.05) is 19.0 Å². The highest BCUT2D eigenvalue weighted by atomic mass is 32.2. The molecule has 0 radical (unpaired) electrons. The predicted molar refractivity (Wildman–Crippen MR) is 123 cm³/mol. The van der Waals surface area contributed by atoms with Crippen LogP contribution in [0, 0.1) is 0 Å². The Morgan fingerprint density at radius 1 is 1.39 bits per heavy atom. The van der Waals surface area contributed by atoms with Gasteiger partial charge in [-0.1, -0.05) is 19.1 Å². The van der Waals surface area contributed by atoms with E-state index in [2.05, 4.69) is 26.7 Å². The Bertz CT molecular complexity index is 1380. The molecule has 2 aliphatic rings. The number of aryl methyl sites for hydroxylation is 1. The summed E-state index contributed by atoms with van der Waals surface area (Å²) < 4.78 is 29.4. The van der Waals surface area contributed by atoms with Crippen molar-refractivity contribution in [3.05, 3.63) is 47.8 Å². The van der Waals surface area contributed by atoms with Crippen molar-refractivity contribution >= 4 is 21.6 Å². The van der Waals surface area contributed by atoms with Crippen LogP contribution in [0.15, 0.2) is 45.9 Å². The third kappa shape index (κ3) is 3.83. The van der Waals surface area contributed by atoms with Gasteiger partial charge in [0.1, 0.15) is 4.90 Å². The van der Waals surface area contributed by atoms with Crippen LogP contribution in [0.5, 0.6) is 11.8 Å². The first kappa shape index (κ1) is 21.4. The minimum Gasteiger partial charge on any atom is -0.481 e. The number of pyridine rings is 1. The Morgan fingerprint density at radius 3 is 3.03 bits per heavy atom. The topological polar surface area (TPSA) is 134 Å². The number of hydrogen-bond acceptors (Lipinski definition) is 6. The molecule has 1 aliphatic heterocycles. The normalized spacial score (nSPS) is 18.1. The molecule has 11 heteroatoms. The number of hydrogen-bond donors (Lipinski definition) is 2. The summed E-state index contributed by atoms with van der Waals surface area (Å²) in [7, 11) is -2.01. The minimum absolute atomic E-state index is 0.117. The third-order valence-corrected chi connectivity index (χ3v) is 7.24. The van der Waals surface area contributed by atoms with Crippen LogP contribution >= 0.6 is 0 Å². The van der Waals surface area contributed by atoms with Gasteiger partial charge in [0.2, 0.25) is 11.8 Å². The van der Waals surface area contributed by atoms with Gasteiger partial charge in [-0.2, -0.15) is 5.10 Å². The van der Waals surface area contributed by atoms with Crippen molar-refractivity contribution in [2.24, 2.45) is 9.50 Å². The molecule has 0 saturated carbocycles. The number of nitrogens with one attached hydrogen (secondary N) is 1. The van der Waals surface area contributed by atoms with E-state index in [-0.39, 0.29) is 10.8 Å².